The van der Waals surface area contributed by atoms with Gasteiger partial charge in [-0.25, -0.2) is 4.79 Å². The number of benzene rings is 1. The van der Waals surface area contributed by atoms with Crippen LogP contribution in [0.3, 0.4) is 0 Å². The minimum atomic E-state index is -0.547. The second kappa shape index (κ2) is 6.47. The van der Waals surface area contributed by atoms with Crippen molar-refractivity contribution in [3.05, 3.63) is 28.8 Å². The average Bonchev–Trinajstić information content (AvgIpc) is 2.37. The summed E-state index contributed by atoms with van der Waals surface area (Å²) >= 11 is 0. The number of hydrogen-bond donors (Lipinski definition) is 3. The fourth-order valence-corrected chi connectivity index (χ4v) is 1.79. The second-order valence-electron chi connectivity index (χ2n) is 5.81. The summed E-state index contributed by atoms with van der Waals surface area (Å²) in [4.78, 5) is 23.4. The summed E-state index contributed by atoms with van der Waals surface area (Å²) in [5, 5.41) is 5.19. The van der Waals surface area contributed by atoms with Crippen molar-refractivity contribution >= 4 is 17.7 Å². The lowest BCUT2D eigenvalue weighted by molar-refractivity contribution is 0.0523. The van der Waals surface area contributed by atoms with Crippen LogP contribution < -0.4 is 16.4 Å². The van der Waals surface area contributed by atoms with E-state index in [0.717, 1.165) is 11.1 Å². The molecule has 1 aromatic carbocycles. The number of carbonyl (C=O) groups is 2. The van der Waals surface area contributed by atoms with Gasteiger partial charge < -0.3 is 21.1 Å². The molecule has 4 N–H and O–H groups in total. The first-order chi connectivity index (χ1) is 9.64. The molecule has 1 aromatic rings. The number of carbonyl (C=O) groups excluding carboxylic acids is 2. The van der Waals surface area contributed by atoms with Crippen LogP contribution in [0.1, 0.15) is 42.3 Å². The van der Waals surface area contributed by atoms with Gasteiger partial charge in [0.1, 0.15) is 5.60 Å². The zero-order valence-corrected chi connectivity index (χ0v) is 13.2. The number of hydrogen-bond acceptors (Lipinski definition) is 4. The van der Waals surface area contributed by atoms with Gasteiger partial charge in [-0.3, -0.25) is 4.79 Å². The van der Waals surface area contributed by atoms with Crippen LogP contribution in [0, 0.1) is 6.92 Å². The molecule has 0 unspecified atom stereocenters. The van der Waals surface area contributed by atoms with Crippen molar-refractivity contribution < 1.29 is 14.3 Å². The quantitative estimate of drug-likeness (QED) is 0.743. The Morgan fingerprint density at radius 3 is 2.43 bits per heavy atom. The van der Waals surface area contributed by atoms with E-state index in [2.05, 4.69) is 10.6 Å². The first-order valence-electron chi connectivity index (χ1n) is 6.72. The first kappa shape index (κ1) is 16.8. The highest BCUT2D eigenvalue weighted by atomic mass is 16.6. The van der Waals surface area contributed by atoms with Gasteiger partial charge in [0.25, 0.3) is 5.91 Å². The molecule has 2 amide bonds. The van der Waals surface area contributed by atoms with E-state index in [4.69, 9.17) is 10.5 Å². The summed E-state index contributed by atoms with van der Waals surface area (Å²) in [5.74, 6) is -0.255. The highest BCUT2D eigenvalue weighted by Crippen LogP contribution is 2.19. The summed E-state index contributed by atoms with van der Waals surface area (Å²) in [6, 6.07) is 3.50. The number of nitrogen functional groups attached to an aromatic ring is 1. The molecular weight excluding hydrogens is 270 g/mol. The Balaban J connectivity index is 2.83. The molecule has 0 aliphatic rings. The smallest absolute Gasteiger partial charge is 0.407 e. The SMILES string of the molecule is CNC(=O)c1cc(CNC(=O)OC(C)(C)C)cc(C)c1N. The van der Waals surface area contributed by atoms with Crippen LogP contribution in [-0.4, -0.2) is 24.6 Å². The van der Waals surface area contributed by atoms with Gasteiger partial charge >= 0.3 is 6.09 Å². The van der Waals surface area contributed by atoms with E-state index < -0.39 is 11.7 Å². The molecular formula is C15H23N3O3. The van der Waals surface area contributed by atoms with Crippen molar-refractivity contribution in [3.63, 3.8) is 0 Å². The minimum absolute atomic E-state index is 0.255. The molecule has 0 fully saturated rings. The zero-order valence-electron chi connectivity index (χ0n) is 13.2. The third-order valence-electron chi connectivity index (χ3n) is 2.75. The van der Waals surface area contributed by atoms with Crippen LogP contribution in [-0.2, 0) is 11.3 Å². The Labute approximate surface area is 125 Å². The van der Waals surface area contributed by atoms with Gasteiger partial charge in [0.2, 0.25) is 0 Å². The second-order valence-corrected chi connectivity index (χ2v) is 5.81. The van der Waals surface area contributed by atoms with Crippen LogP contribution in [0.4, 0.5) is 10.5 Å². The molecule has 0 aliphatic heterocycles. The van der Waals surface area contributed by atoms with Crippen molar-refractivity contribution in [1.29, 1.82) is 0 Å². The van der Waals surface area contributed by atoms with Gasteiger partial charge in [0, 0.05) is 19.3 Å². The van der Waals surface area contributed by atoms with Crippen LogP contribution >= 0.6 is 0 Å². The van der Waals surface area contributed by atoms with Gasteiger partial charge in [-0.2, -0.15) is 0 Å². The predicted molar refractivity (Wildman–Crippen MR) is 82.1 cm³/mol. The Kier molecular flexibility index (Phi) is 5.18. The Bertz CT molecular complexity index is 548. The van der Waals surface area contributed by atoms with E-state index in [1.54, 1.807) is 33.9 Å². The number of rotatable bonds is 3. The summed E-state index contributed by atoms with van der Waals surface area (Å²) < 4.78 is 5.16. The van der Waals surface area contributed by atoms with Crippen molar-refractivity contribution in [2.75, 3.05) is 12.8 Å². The molecule has 6 heteroatoms. The van der Waals surface area contributed by atoms with E-state index in [-0.39, 0.29) is 12.5 Å². The van der Waals surface area contributed by atoms with Gasteiger partial charge in [0.05, 0.1) is 5.56 Å². The number of amides is 2. The molecule has 0 spiro atoms. The highest BCUT2D eigenvalue weighted by Gasteiger charge is 2.16. The van der Waals surface area contributed by atoms with E-state index in [9.17, 15) is 9.59 Å². The van der Waals surface area contributed by atoms with Crippen molar-refractivity contribution in [2.24, 2.45) is 0 Å². The van der Waals surface area contributed by atoms with Gasteiger partial charge in [-0.1, -0.05) is 6.07 Å². The summed E-state index contributed by atoms with van der Waals surface area (Å²) in [6.07, 6.45) is -0.501. The Hall–Kier alpha value is -2.24. The molecule has 6 nitrogen and oxygen atoms in total. The lowest BCUT2D eigenvalue weighted by atomic mass is 10.0. The predicted octanol–water partition coefficient (Wildman–Crippen LogP) is 1.96. The average molecular weight is 293 g/mol. The summed E-state index contributed by atoms with van der Waals surface area (Å²) in [5.41, 5.74) is 7.76. The summed E-state index contributed by atoms with van der Waals surface area (Å²) in [6.45, 7) is 7.47. The minimum Gasteiger partial charge on any atom is -0.444 e. The normalized spacial score (nSPS) is 10.9. The molecule has 0 radical (unpaired) electrons. The number of nitrogens with one attached hydrogen (secondary N) is 2. The van der Waals surface area contributed by atoms with Gasteiger partial charge in [-0.15, -0.1) is 0 Å². The van der Waals surface area contributed by atoms with Gasteiger partial charge in [0.15, 0.2) is 0 Å². The maximum atomic E-state index is 11.8. The highest BCUT2D eigenvalue weighted by molar-refractivity contribution is 5.99. The largest absolute Gasteiger partial charge is 0.444 e. The third kappa shape index (κ3) is 4.98. The molecule has 0 aliphatic carbocycles. The van der Waals surface area contributed by atoms with Crippen LogP contribution in [0.25, 0.3) is 0 Å². The van der Waals surface area contributed by atoms with Gasteiger partial charge in [-0.05, 0) is 44.9 Å². The monoisotopic (exact) mass is 293 g/mol. The Morgan fingerprint density at radius 1 is 1.29 bits per heavy atom. The van der Waals surface area contributed by atoms with E-state index in [1.165, 1.54) is 0 Å². The number of nitrogens with two attached hydrogens (primary N) is 1. The zero-order chi connectivity index (χ0) is 16.2. The lowest BCUT2D eigenvalue weighted by Gasteiger charge is -2.20. The fourth-order valence-electron chi connectivity index (χ4n) is 1.79. The third-order valence-corrected chi connectivity index (χ3v) is 2.75. The van der Waals surface area contributed by atoms with Crippen LogP contribution in [0.5, 0.6) is 0 Å². The molecule has 0 heterocycles. The number of aryl methyl sites for hydroxylation is 1. The van der Waals surface area contributed by atoms with Crippen molar-refractivity contribution in [1.82, 2.24) is 10.6 Å². The molecule has 0 bridgehead atoms. The van der Waals surface area contributed by atoms with Crippen molar-refractivity contribution in [2.45, 2.75) is 39.8 Å². The molecule has 0 atom stereocenters. The molecule has 0 saturated heterocycles. The maximum Gasteiger partial charge on any atom is 0.407 e. The van der Waals surface area contributed by atoms with Crippen LogP contribution in [0.2, 0.25) is 0 Å². The number of ether oxygens (including phenoxy) is 1. The van der Waals surface area contributed by atoms with Crippen LogP contribution in [0.15, 0.2) is 12.1 Å². The maximum absolute atomic E-state index is 11.8. The molecule has 0 saturated carbocycles. The first-order valence-corrected chi connectivity index (χ1v) is 6.72. The summed E-state index contributed by atoms with van der Waals surface area (Å²) in [7, 11) is 1.54. The molecule has 21 heavy (non-hydrogen) atoms. The van der Waals surface area contributed by atoms with E-state index in [1.807, 2.05) is 13.0 Å². The fraction of sp³-hybridized carbons (Fsp3) is 0.467. The molecule has 0 aromatic heterocycles. The van der Waals surface area contributed by atoms with E-state index in [0.29, 0.717) is 11.3 Å². The lowest BCUT2D eigenvalue weighted by Crippen LogP contribution is -2.32. The van der Waals surface area contributed by atoms with E-state index >= 15 is 0 Å². The molecule has 116 valence electrons. The standard InChI is InChI=1S/C15H23N3O3/c1-9-6-10(7-11(12(9)16)13(19)17-5)8-18-14(20)21-15(2,3)4/h6-7H,8,16H2,1-5H3,(H,17,19)(H,18,20). The Morgan fingerprint density at radius 2 is 1.90 bits per heavy atom. The van der Waals surface area contributed by atoms with Crippen molar-refractivity contribution in [3.8, 4) is 0 Å². The number of anilines is 1. The number of alkyl carbamates (subject to hydrolysis) is 1. The topological polar surface area (TPSA) is 93.5 Å². The molecule has 1 rings (SSSR count).